The molecule has 0 amide bonds. The summed E-state index contributed by atoms with van der Waals surface area (Å²) in [5.41, 5.74) is 13.2. The molecule has 0 bridgehead atoms. The molecule has 2 aliphatic rings. The molecular weight excluding hydrogens is 609 g/mol. The number of aromatic carboxylic acids is 1. The van der Waals surface area contributed by atoms with Gasteiger partial charge in [0.05, 0.1) is 25.4 Å². The maximum Gasteiger partial charge on any atom is 0.341 e. The summed E-state index contributed by atoms with van der Waals surface area (Å²) in [6.07, 6.45) is 4.98. The number of hydrogen-bond donors (Lipinski definition) is 3. The molecule has 13 nitrogen and oxygen atoms in total. The summed E-state index contributed by atoms with van der Waals surface area (Å²) in [5, 5.41) is 9.61. The van der Waals surface area contributed by atoms with E-state index in [0.717, 1.165) is 24.0 Å². The molecule has 1 atom stereocenters. The summed E-state index contributed by atoms with van der Waals surface area (Å²) in [5.74, 6) is 0.0711. The number of piperazine rings is 1. The number of nitrogen functional groups attached to an aromatic ring is 2. The van der Waals surface area contributed by atoms with Crippen LogP contribution in [0.1, 0.15) is 47.3 Å². The molecule has 47 heavy (non-hydrogen) atoms. The first-order valence-corrected chi connectivity index (χ1v) is 15.4. The van der Waals surface area contributed by atoms with Gasteiger partial charge in [-0.05, 0) is 49.6 Å². The van der Waals surface area contributed by atoms with E-state index in [-0.39, 0.29) is 29.0 Å². The number of aromatic nitrogens is 3. The van der Waals surface area contributed by atoms with Crippen molar-refractivity contribution in [3.05, 3.63) is 69.4 Å². The van der Waals surface area contributed by atoms with Crippen molar-refractivity contribution in [2.75, 3.05) is 63.3 Å². The number of anilines is 3. The van der Waals surface area contributed by atoms with Crippen molar-refractivity contribution in [1.29, 1.82) is 0 Å². The molecule has 2 aromatic heterocycles. The van der Waals surface area contributed by atoms with Crippen LogP contribution in [-0.4, -0.2) is 83.6 Å². The van der Waals surface area contributed by atoms with Gasteiger partial charge in [-0.1, -0.05) is 0 Å². The lowest BCUT2D eigenvalue weighted by atomic mass is 10.1. The van der Waals surface area contributed by atoms with Gasteiger partial charge in [-0.25, -0.2) is 14.2 Å². The zero-order chi connectivity index (χ0) is 33.4. The van der Waals surface area contributed by atoms with Crippen LogP contribution in [-0.2, 0) is 6.42 Å². The first-order valence-electron chi connectivity index (χ1n) is 15.4. The number of carboxylic acid groups (broad SMARTS) is 1. The third kappa shape index (κ3) is 6.59. The van der Waals surface area contributed by atoms with E-state index in [9.17, 15) is 14.7 Å². The molecule has 2 fully saturated rings. The molecular formula is C33H38FN7O6. The van der Waals surface area contributed by atoms with E-state index in [1.807, 2.05) is 28.5 Å². The summed E-state index contributed by atoms with van der Waals surface area (Å²) < 4.78 is 34.9. The van der Waals surface area contributed by atoms with Crippen molar-refractivity contribution in [2.45, 2.75) is 38.3 Å². The first kappa shape index (κ1) is 31.9. The minimum absolute atomic E-state index is 0.0879. The van der Waals surface area contributed by atoms with Crippen LogP contribution >= 0.6 is 0 Å². The number of fused-ring (bicyclic) bond motifs is 1. The van der Waals surface area contributed by atoms with Crippen molar-refractivity contribution in [3.63, 3.8) is 0 Å². The van der Waals surface area contributed by atoms with Crippen molar-refractivity contribution in [3.8, 4) is 17.2 Å². The molecule has 1 saturated carbocycles. The Morgan fingerprint density at radius 1 is 1.09 bits per heavy atom. The number of pyridine rings is 1. The van der Waals surface area contributed by atoms with Gasteiger partial charge in [-0.15, -0.1) is 0 Å². The Bertz CT molecular complexity index is 1860. The minimum Gasteiger partial charge on any atom is -0.493 e. The molecule has 1 saturated heterocycles. The second-order valence-corrected chi connectivity index (χ2v) is 12.0. The lowest BCUT2D eigenvalue weighted by Gasteiger charge is -2.37. The Labute approximate surface area is 270 Å². The third-order valence-electron chi connectivity index (χ3n) is 8.65. The molecule has 14 heteroatoms. The summed E-state index contributed by atoms with van der Waals surface area (Å²) >= 11 is 0. The second kappa shape index (κ2) is 12.9. The summed E-state index contributed by atoms with van der Waals surface area (Å²) in [4.78, 5) is 36.8. The van der Waals surface area contributed by atoms with E-state index >= 15 is 4.39 Å². The average Bonchev–Trinajstić information content (AvgIpc) is 3.89. The lowest BCUT2D eigenvalue weighted by molar-refractivity contribution is 0.0694. The highest BCUT2D eigenvalue weighted by Crippen LogP contribution is 2.40. The number of halogens is 1. The topological polar surface area (TPSA) is 171 Å². The number of nitrogens with zero attached hydrogens (tertiary/aromatic N) is 5. The minimum atomic E-state index is -1.31. The molecule has 1 aliphatic heterocycles. The number of nitrogens with two attached hydrogens (primary N) is 2. The predicted molar refractivity (Wildman–Crippen MR) is 175 cm³/mol. The van der Waals surface area contributed by atoms with Gasteiger partial charge < -0.3 is 40.3 Å². The van der Waals surface area contributed by atoms with Gasteiger partial charge in [0, 0.05) is 68.5 Å². The highest BCUT2D eigenvalue weighted by molar-refractivity contribution is 5.93. The largest absolute Gasteiger partial charge is 0.493 e. The van der Waals surface area contributed by atoms with Crippen LogP contribution in [0.2, 0.25) is 0 Å². The highest BCUT2D eigenvalue weighted by atomic mass is 19.1. The van der Waals surface area contributed by atoms with Crippen LogP contribution in [0.5, 0.6) is 17.2 Å². The van der Waals surface area contributed by atoms with Gasteiger partial charge in [0.15, 0.2) is 11.5 Å². The average molecular weight is 648 g/mol. The van der Waals surface area contributed by atoms with Crippen molar-refractivity contribution in [1.82, 2.24) is 19.4 Å². The van der Waals surface area contributed by atoms with Crippen LogP contribution in [0.4, 0.5) is 21.8 Å². The summed E-state index contributed by atoms with van der Waals surface area (Å²) in [7, 11) is 3.13. The van der Waals surface area contributed by atoms with Crippen LogP contribution in [0.15, 0.2) is 41.5 Å². The van der Waals surface area contributed by atoms with Crippen LogP contribution in [0, 0.1) is 5.82 Å². The predicted octanol–water partition coefficient (Wildman–Crippen LogP) is 3.33. The zero-order valence-corrected chi connectivity index (χ0v) is 26.5. The van der Waals surface area contributed by atoms with Crippen LogP contribution in [0.25, 0.3) is 10.9 Å². The molecule has 3 heterocycles. The summed E-state index contributed by atoms with van der Waals surface area (Å²) in [6.45, 7) is 5.04. The maximum atomic E-state index is 15.4. The summed E-state index contributed by atoms with van der Waals surface area (Å²) in [6, 6.07) is 6.71. The lowest BCUT2D eigenvalue weighted by Crippen LogP contribution is -2.49. The second-order valence-electron chi connectivity index (χ2n) is 12.0. The highest BCUT2D eigenvalue weighted by Gasteiger charge is 2.29. The standard InChI is InChI=1S/C33H38FN7O6/c1-18(47-30-27(45-2)11-19(12-28(30)46-3)10-20-15-37-33(36)38-31(20)35)16-39-6-8-40(9-7-39)26-14-25-22(13-24(26)34)29(42)23(32(43)44)17-41(25)21-4-5-21/h11-15,17-18,21H,4-10,16H2,1-3H3,(H,43,44)(H4,35,36,37,38)/t18-/m1/s1. The molecule has 6 rings (SSSR count). The van der Waals surface area contributed by atoms with E-state index in [0.29, 0.717) is 73.4 Å². The monoisotopic (exact) mass is 647 g/mol. The van der Waals surface area contributed by atoms with Gasteiger partial charge >= 0.3 is 5.97 Å². The molecule has 4 aromatic rings. The molecule has 0 unspecified atom stereocenters. The fourth-order valence-electron chi connectivity index (χ4n) is 6.12. The SMILES string of the molecule is COc1cc(Cc2cnc(N)nc2N)cc(OC)c1O[C@H](C)CN1CCN(c2cc3c(cc2F)c(=O)c(C(=O)O)cn3C2CC2)CC1. The fraction of sp³-hybridized carbons (Fsp3) is 0.394. The maximum absolute atomic E-state index is 15.4. The Morgan fingerprint density at radius 2 is 1.77 bits per heavy atom. The van der Waals surface area contributed by atoms with Crippen LogP contribution < -0.4 is 36.0 Å². The number of carbonyl (C=O) groups is 1. The third-order valence-corrected chi connectivity index (χ3v) is 8.65. The normalized spacial score (nSPS) is 15.9. The van der Waals surface area contributed by atoms with Crippen molar-refractivity contribution < 1.29 is 28.5 Å². The number of methoxy groups -OCH3 is 2. The number of rotatable bonds is 11. The fourth-order valence-corrected chi connectivity index (χ4v) is 6.12. The number of benzene rings is 2. The number of hydrogen-bond acceptors (Lipinski definition) is 11. The van der Waals surface area contributed by atoms with Crippen molar-refractivity contribution in [2.24, 2.45) is 0 Å². The smallest absolute Gasteiger partial charge is 0.341 e. The van der Waals surface area contributed by atoms with Gasteiger partial charge in [0.25, 0.3) is 0 Å². The quantitative estimate of drug-likeness (QED) is 0.217. The Kier molecular flexibility index (Phi) is 8.78. The molecule has 0 spiro atoms. The van der Waals surface area contributed by atoms with E-state index in [1.165, 1.54) is 12.3 Å². The van der Waals surface area contributed by atoms with Crippen molar-refractivity contribution >= 4 is 34.3 Å². The number of carboxylic acids is 1. The zero-order valence-electron chi connectivity index (χ0n) is 26.5. The Hall–Kier alpha value is -5.11. The Balaban J connectivity index is 1.13. The van der Waals surface area contributed by atoms with Gasteiger partial charge in [0.1, 0.15) is 23.3 Å². The molecule has 0 radical (unpaired) electrons. The molecule has 2 aromatic carbocycles. The van der Waals surface area contributed by atoms with E-state index in [2.05, 4.69) is 14.9 Å². The Morgan fingerprint density at radius 3 is 2.36 bits per heavy atom. The number of ether oxygens (including phenoxy) is 3. The molecule has 5 N–H and O–H groups in total. The van der Waals surface area contributed by atoms with Gasteiger partial charge in [-0.2, -0.15) is 4.98 Å². The van der Waals surface area contributed by atoms with E-state index in [1.54, 1.807) is 26.5 Å². The van der Waals surface area contributed by atoms with Gasteiger partial charge in [-0.3, -0.25) is 9.69 Å². The van der Waals surface area contributed by atoms with E-state index < -0.39 is 17.2 Å². The van der Waals surface area contributed by atoms with Crippen LogP contribution in [0.3, 0.4) is 0 Å². The first-order chi connectivity index (χ1) is 22.6. The van der Waals surface area contributed by atoms with E-state index in [4.69, 9.17) is 25.7 Å². The van der Waals surface area contributed by atoms with Gasteiger partial charge in [0.2, 0.25) is 17.1 Å². The molecule has 1 aliphatic carbocycles. The molecule has 248 valence electrons.